The molecule has 0 spiro atoms. The summed E-state index contributed by atoms with van der Waals surface area (Å²) in [4.78, 5) is 0. The first-order valence-electron chi connectivity index (χ1n) is 4.38. The molecule has 1 aliphatic heterocycles. The SMILES string of the molecule is [B][C@H]1CC(N)[C@@H](COC(C)C)O1. The van der Waals surface area contributed by atoms with Crippen LogP contribution in [0.5, 0.6) is 0 Å². The van der Waals surface area contributed by atoms with Crippen LogP contribution in [0.1, 0.15) is 20.3 Å². The molecule has 0 aliphatic carbocycles. The molecule has 0 aromatic heterocycles. The zero-order chi connectivity index (χ0) is 9.14. The van der Waals surface area contributed by atoms with E-state index in [1.807, 2.05) is 13.8 Å². The van der Waals surface area contributed by atoms with Crippen molar-refractivity contribution in [1.82, 2.24) is 0 Å². The molecule has 12 heavy (non-hydrogen) atoms. The Morgan fingerprint density at radius 2 is 2.33 bits per heavy atom. The Morgan fingerprint density at radius 1 is 1.67 bits per heavy atom. The topological polar surface area (TPSA) is 44.5 Å². The fraction of sp³-hybridized carbons (Fsp3) is 1.00. The molecule has 4 heteroatoms. The molecule has 1 aliphatic rings. The van der Waals surface area contributed by atoms with Crippen LogP contribution < -0.4 is 5.73 Å². The summed E-state index contributed by atoms with van der Waals surface area (Å²) >= 11 is 0. The van der Waals surface area contributed by atoms with Crippen LogP contribution in [0.4, 0.5) is 0 Å². The maximum Gasteiger partial charge on any atom is 0.109 e. The lowest BCUT2D eigenvalue weighted by molar-refractivity contribution is -0.0193. The van der Waals surface area contributed by atoms with Crippen molar-refractivity contribution >= 4 is 7.85 Å². The van der Waals surface area contributed by atoms with Crippen molar-refractivity contribution in [2.24, 2.45) is 5.73 Å². The van der Waals surface area contributed by atoms with Gasteiger partial charge in [0.05, 0.1) is 18.8 Å². The van der Waals surface area contributed by atoms with Gasteiger partial charge < -0.3 is 15.2 Å². The van der Waals surface area contributed by atoms with Gasteiger partial charge in [-0.1, -0.05) is 0 Å². The Morgan fingerprint density at radius 3 is 2.75 bits per heavy atom. The van der Waals surface area contributed by atoms with Crippen LogP contribution in [0, 0.1) is 0 Å². The third kappa shape index (κ3) is 2.77. The van der Waals surface area contributed by atoms with E-state index < -0.39 is 0 Å². The van der Waals surface area contributed by atoms with E-state index in [-0.39, 0.29) is 24.3 Å². The predicted octanol–water partition coefficient (Wildman–Crippen LogP) is 0.0222. The van der Waals surface area contributed by atoms with Crippen LogP contribution in [-0.4, -0.2) is 38.7 Å². The fourth-order valence-electron chi connectivity index (χ4n) is 1.25. The molecule has 2 N–H and O–H groups in total. The van der Waals surface area contributed by atoms with Gasteiger partial charge in [0.15, 0.2) is 0 Å². The van der Waals surface area contributed by atoms with Crippen molar-refractivity contribution in [2.45, 2.75) is 44.5 Å². The first kappa shape index (κ1) is 10.0. The molecule has 0 bridgehead atoms. The van der Waals surface area contributed by atoms with Crippen molar-refractivity contribution in [1.29, 1.82) is 0 Å². The summed E-state index contributed by atoms with van der Waals surface area (Å²) in [6.45, 7) is 4.52. The summed E-state index contributed by atoms with van der Waals surface area (Å²) in [5.74, 6) is 0. The number of hydrogen-bond donors (Lipinski definition) is 1. The number of ether oxygens (including phenoxy) is 2. The Balaban J connectivity index is 2.23. The van der Waals surface area contributed by atoms with Gasteiger partial charge in [-0.2, -0.15) is 0 Å². The molecule has 0 amide bonds. The lowest BCUT2D eigenvalue weighted by atomic mass is 9.95. The molecule has 0 saturated carbocycles. The highest BCUT2D eigenvalue weighted by molar-refractivity contribution is 6.11. The van der Waals surface area contributed by atoms with Crippen molar-refractivity contribution < 1.29 is 9.47 Å². The van der Waals surface area contributed by atoms with E-state index in [0.29, 0.717) is 6.61 Å². The maximum absolute atomic E-state index is 5.77. The van der Waals surface area contributed by atoms with Crippen LogP contribution in [0.2, 0.25) is 0 Å². The summed E-state index contributed by atoms with van der Waals surface area (Å²) in [5.41, 5.74) is 5.77. The average Bonchev–Trinajstić information content (AvgIpc) is 2.26. The number of hydrogen-bond acceptors (Lipinski definition) is 3. The molecular formula is C8H16BNO2. The highest BCUT2D eigenvalue weighted by Gasteiger charge is 2.29. The molecule has 0 aromatic rings. The zero-order valence-corrected chi connectivity index (χ0v) is 7.69. The smallest absolute Gasteiger partial charge is 0.109 e. The van der Waals surface area contributed by atoms with E-state index in [0.717, 1.165) is 6.42 Å². The Labute approximate surface area is 75.0 Å². The van der Waals surface area contributed by atoms with E-state index in [9.17, 15) is 0 Å². The zero-order valence-electron chi connectivity index (χ0n) is 7.69. The fourth-order valence-corrected chi connectivity index (χ4v) is 1.25. The molecule has 1 saturated heterocycles. The second kappa shape index (κ2) is 4.26. The lowest BCUT2D eigenvalue weighted by Crippen LogP contribution is -2.34. The Bertz CT molecular complexity index is 143. The van der Waals surface area contributed by atoms with Gasteiger partial charge in [-0.3, -0.25) is 0 Å². The lowest BCUT2D eigenvalue weighted by Gasteiger charge is -2.16. The molecule has 1 rings (SSSR count). The van der Waals surface area contributed by atoms with Gasteiger partial charge in [-0.25, -0.2) is 0 Å². The monoisotopic (exact) mass is 169 g/mol. The standard InChI is InChI=1S/C8H16BNO2/c1-5(2)11-4-7-6(10)3-8(9)12-7/h5-8H,3-4,10H2,1-2H3/t6?,7-,8-/m1/s1. The van der Waals surface area contributed by atoms with E-state index >= 15 is 0 Å². The Kier molecular flexibility index (Phi) is 3.56. The van der Waals surface area contributed by atoms with Crippen molar-refractivity contribution in [2.75, 3.05) is 6.61 Å². The van der Waals surface area contributed by atoms with Gasteiger partial charge in [0.1, 0.15) is 7.85 Å². The highest BCUT2D eigenvalue weighted by atomic mass is 16.5. The van der Waals surface area contributed by atoms with Crippen molar-refractivity contribution in [3.05, 3.63) is 0 Å². The second-order valence-corrected chi connectivity index (χ2v) is 3.49. The third-order valence-corrected chi connectivity index (χ3v) is 1.93. The van der Waals surface area contributed by atoms with E-state index in [1.54, 1.807) is 0 Å². The molecule has 1 unspecified atom stereocenters. The molecule has 2 radical (unpaired) electrons. The molecule has 1 heterocycles. The van der Waals surface area contributed by atoms with Gasteiger partial charge in [0.25, 0.3) is 0 Å². The molecular weight excluding hydrogens is 153 g/mol. The maximum atomic E-state index is 5.77. The van der Waals surface area contributed by atoms with Crippen LogP contribution in [0.3, 0.4) is 0 Å². The molecule has 3 atom stereocenters. The van der Waals surface area contributed by atoms with Gasteiger partial charge in [0.2, 0.25) is 0 Å². The number of nitrogens with two attached hydrogens (primary N) is 1. The van der Waals surface area contributed by atoms with Crippen molar-refractivity contribution in [3.8, 4) is 0 Å². The molecule has 68 valence electrons. The summed E-state index contributed by atoms with van der Waals surface area (Å²) in [7, 11) is 5.56. The Hall–Kier alpha value is -0.0551. The third-order valence-electron chi connectivity index (χ3n) is 1.93. The van der Waals surface area contributed by atoms with Crippen LogP contribution in [-0.2, 0) is 9.47 Å². The van der Waals surface area contributed by atoms with Gasteiger partial charge in [-0.15, -0.1) is 0 Å². The first-order chi connectivity index (χ1) is 5.59. The quantitative estimate of drug-likeness (QED) is 0.605. The highest BCUT2D eigenvalue weighted by Crippen LogP contribution is 2.16. The minimum atomic E-state index is -0.208. The van der Waals surface area contributed by atoms with Gasteiger partial charge in [0, 0.05) is 12.0 Å². The summed E-state index contributed by atoms with van der Waals surface area (Å²) < 4.78 is 10.7. The van der Waals surface area contributed by atoms with E-state index in [1.165, 1.54) is 0 Å². The van der Waals surface area contributed by atoms with E-state index in [4.69, 9.17) is 23.1 Å². The minimum absolute atomic E-state index is 0.0256. The van der Waals surface area contributed by atoms with E-state index in [2.05, 4.69) is 0 Å². The van der Waals surface area contributed by atoms with Crippen LogP contribution in [0.15, 0.2) is 0 Å². The average molecular weight is 169 g/mol. The first-order valence-corrected chi connectivity index (χ1v) is 4.38. The summed E-state index contributed by atoms with van der Waals surface area (Å²) in [6.07, 6.45) is 0.923. The van der Waals surface area contributed by atoms with Crippen LogP contribution in [0.25, 0.3) is 0 Å². The second-order valence-electron chi connectivity index (χ2n) is 3.49. The van der Waals surface area contributed by atoms with Crippen LogP contribution >= 0.6 is 0 Å². The number of rotatable bonds is 3. The summed E-state index contributed by atoms with van der Waals surface area (Å²) in [5, 5.41) is 0. The molecule has 3 nitrogen and oxygen atoms in total. The normalized spacial score (nSPS) is 36.2. The predicted molar refractivity (Wildman–Crippen MR) is 48.1 cm³/mol. The van der Waals surface area contributed by atoms with Crippen molar-refractivity contribution in [3.63, 3.8) is 0 Å². The van der Waals surface area contributed by atoms with Gasteiger partial charge >= 0.3 is 0 Å². The van der Waals surface area contributed by atoms with Gasteiger partial charge in [-0.05, 0) is 20.3 Å². The largest absolute Gasteiger partial charge is 0.381 e. The minimum Gasteiger partial charge on any atom is -0.381 e. The molecule has 0 aromatic carbocycles. The molecule has 1 fully saturated rings. The summed E-state index contributed by atoms with van der Waals surface area (Å²) in [6, 6.07) is -0.181.